The van der Waals surface area contributed by atoms with Crippen molar-refractivity contribution in [3.63, 3.8) is 0 Å². The minimum atomic E-state index is -2.56. The lowest BCUT2D eigenvalue weighted by atomic mass is 9.98. The van der Waals surface area contributed by atoms with Crippen molar-refractivity contribution in [1.82, 2.24) is 16.0 Å². The highest BCUT2D eigenvalue weighted by Crippen LogP contribution is 2.16. The summed E-state index contributed by atoms with van der Waals surface area (Å²) >= 11 is 0. The van der Waals surface area contributed by atoms with E-state index in [2.05, 4.69) is 16.0 Å². The molecule has 1 fully saturated rings. The normalized spacial score (nSPS) is 19.2. The molecule has 164 valence electrons. The van der Waals surface area contributed by atoms with Crippen LogP contribution in [0, 0.1) is 17.7 Å². The number of ether oxygens (including phenoxy) is 1. The first-order valence-corrected chi connectivity index (χ1v) is 9.80. The predicted molar refractivity (Wildman–Crippen MR) is 107 cm³/mol. The molecule has 0 spiro atoms. The standard InChI is InChI=1S/C21H28FN3O5/c1-13(2)9-18(25-21(29)30-12-14-3-5-16(22)6-4-14)20(28)24-17(11-26)10-15-7-8-23-19(15)27/h3-6,11,13,15,17-18H,7-10,12H2,1-2H3,(H,23,27)(H,24,28)(H,25,29)/t15-,17-,18-/m0/s1/i12D2. The highest BCUT2D eigenvalue weighted by Gasteiger charge is 2.30. The number of carbonyl (C=O) groups is 4. The lowest BCUT2D eigenvalue weighted by Gasteiger charge is -2.23. The fourth-order valence-corrected chi connectivity index (χ4v) is 3.11. The predicted octanol–water partition coefficient (Wildman–Crippen LogP) is 1.68. The maximum absolute atomic E-state index is 13.1. The largest absolute Gasteiger partial charge is 0.445 e. The first-order valence-electron chi connectivity index (χ1n) is 10.8. The summed E-state index contributed by atoms with van der Waals surface area (Å²) in [6.07, 6.45) is 0.278. The van der Waals surface area contributed by atoms with E-state index in [4.69, 9.17) is 7.48 Å². The molecule has 0 radical (unpaired) electrons. The number of nitrogens with one attached hydrogen (secondary N) is 3. The second kappa shape index (κ2) is 11.3. The average Bonchev–Trinajstić information content (AvgIpc) is 3.10. The Labute approximate surface area is 177 Å². The van der Waals surface area contributed by atoms with Crippen LogP contribution in [-0.4, -0.2) is 42.8 Å². The lowest BCUT2D eigenvalue weighted by molar-refractivity contribution is -0.127. The average molecular weight is 423 g/mol. The Kier molecular flexibility index (Phi) is 7.63. The van der Waals surface area contributed by atoms with Crippen LogP contribution in [0.3, 0.4) is 0 Å². The number of rotatable bonds is 10. The molecule has 0 saturated carbocycles. The lowest BCUT2D eigenvalue weighted by Crippen LogP contribution is -2.51. The van der Waals surface area contributed by atoms with Gasteiger partial charge >= 0.3 is 6.09 Å². The van der Waals surface area contributed by atoms with E-state index in [1.807, 2.05) is 13.8 Å². The molecule has 1 aliphatic heterocycles. The van der Waals surface area contributed by atoms with Crippen molar-refractivity contribution >= 4 is 24.2 Å². The van der Waals surface area contributed by atoms with Crippen molar-refractivity contribution in [3.8, 4) is 0 Å². The van der Waals surface area contributed by atoms with E-state index in [0.717, 1.165) is 24.3 Å². The third kappa shape index (κ3) is 7.46. The number of hydrogen-bond acceptors (Lipinski definition) is 5. The van der Waals surface area contributed by atoms with Gasteiger partial charge in [0.15, 0.2) is 0 Å². The number of carbonyl (C=O) groups excluding carboxylic acids is 4. The van der Waals surface area contributed by atoms with E-state index < -0.39 is 36.5 Å². The zero-order valence-electron chi connectivity index (χ0n) is 18.9. The van der Waals surface area contributed by atoms with Crippen LogP contribution >= 0.6 is 0 Å². The van der Waals surface area contributed by atoms with E-state index in [1.54, 1.807) is 0 Å². The molecule has 9 heteroatoms. The van der Waals surface area contributed by atoms with Gasteiger partial charge in [-0.05, 0) is 42.9 Å². The van der Waals surface area contributed by atoms with Gasteiger partial charge in [-0.15, -0.1) is 0 Å². The Hall–Kier alpha value is -2.97. The van der Waals surface area contributed by atoms with E-state index in [-0.39, 0.29) is 36.1 Å². The number of aldehydes is 1. The van der Waals surface area contributed by atoms with Gasteiger partial charge in [0.05, 0.1) is 8.78 Å². The molecule has 3 atom stereocenters. The summed E-state index contributed by atoms with van der Waals surface area (Å²) in [6, 6.07) is 2.37. The zero-order chi connectivity index (χ0) is 23.9. The summed E-state index contributed by atoms with van der Waals surface area (Å²) in [4.78, 5) is 48.2. The summed E-state index contributed by atoms with van der Waals surface area (Å²) < 4.78 is 33.8. The fraction of sp³-hybridized carbons (Fsp3) is 0.524. The molecule has 1 aliphatic rings. The number of alkyl carbamates (subject to hydrolysis) is 1. The van der Waals surface area contributed by atoms with Crippen molar-refractivity contribution in [1.29, 1.82) is 0 Å². The highest BCUT2D eigenvalue weighted by atomic mass is 19.1. The van der Waals surface area contributed by atoms with Crippen LogP contribution in [0.25, 0.3) is 0 Å². The quantitative estimate of drug-likeness (QED) is 0.496. The Morgan fingerprint density at radius 3 is 2.60 bits per heavy atom. The summed E-state index contributed by atoms with van der Waals surface area (Å²) in [7, 11) is 0. The van der Waals surface area contributed by atoms with Crippen molar-refractivity contribution in [3.05, 3.63) is 35.6 Å². The van der Waals surface area contributed by atoms with E-state index in [9.17, 15) is 23.6 Å². The van der Waals surface area contributed by atoms with Gasteiger partial charge in [0.2, 0.25) is 11.8 Å². The van der Waals surface area contributed by atoms with Crippen molar-refractivity contribution < 1.29 is 31.0 Å². The van der Waals surface area contributed by atoms with Crippen molar-refractivity contribution in [2.24, 2.45) is 11.8 Å². The molecular formula is C21H28FN3O5. The smallest absolute Gasteiger partial charge is 0.408 e. The van der Waals surface area contributed by atoms with Crippen LogP contribution in [0.1, 0.15) is 41.4 Å². The minimum Gasteiger partial charge on any atom is -0.445 e. The molecule has 3 N–H and O–H groups in total. The molecule has 30 heavy (non-hydrogen) atoms. The Balaban J connectivity index is 2.01. The van der Waals surface area contributed by atoms with Gasteiger partial charge in [-0.3, -0.25) is 9.59 Å². The van der Waals surface area contributed by atoms with Crippen LogP contribution in [-0.2, 0) is 25.7 Å². The Morgan fingerprint density at radius 2 is 2.03 bits per heavy atom. The minimum absolute atomic E-state index is 0.0183. The Bertz CT molecular complexity index is 835. The molecule has 1 saturated heterocycles. The number of halogens is 1. The number of amides is 3. The fourth-order valence-electron chi connectivity index (χ4n) is 3.11. The topological polar surface area (TPSA) is 114 Å². The maximum atomic E-state index is 13.1. The third-order valence-electron chi connectivity index (χ3n) is 4.61. The van der Waals surface area contributed by atoms with Gasteiger partial charge in [-0.2, -0.15) is 0 Å². The first kappa shape index (κ1) is 20.3. The first-order chi connectivity index (χ1) is 15.0. The van der Waals surface area contributed by atoms with Gasteiger partial charge < -0.3 is 25.5 Å². The van der Waals surface area contributed by atoms with E-state index >= 15 is 0 Å². The van der Waals surface area contributed by atoms with Crippen LogP contribution in [0.4, 0.5) is 9.18 Å². The molecule has 0 aliphatic carbocycles. The summed E-state index contributed by atoms with van der Waals surface area (Å²) in [5, 5.41) is 7.54. The molecule has 1 heterocycles. The molecule has 1 aromatic carbocycles. The molecule has 3 amide bonds. The SMILES string of the molecule is [2H]C([2H])(OC(=O)N[C@@H](CC(C)C)C(=O)N[C@H](C=O)C[C@@H]1CCNC1=O)c1ccc(F)cc1. The second-order valence-corrected chi connectivity index (χ2v) is 7.59. The molecule has 8 nitrogen and oxygen atoms in total. The Morgan fingerprint density at radius 1 is 1.33 bits per heavy atom. The van der Waals surface area contributed by atoms with Crippen molar-refractivity contribution in [2.75, 3.05) is 6.54 Å². The monoisotopic (exact) mass is 423 g/mol. The van der Waals surface area contributed by atoms with Gasteiger partial charge in [-0.25, -0.2) is 9.18 Å². The van der Waals surface area contributed by atoms with Crippen LogP contribution in [0.15, 0.2) is 24.3 Å². The number of benzene rings is 1. The molecule has 0 unspecified atom stereocenters. The molecule has 1 aromatic rings. The van der Waals surface area contributed by atoms with E-state index in [1.165, 1.54) is 0 Å². The van der Waals surface area contributed by atoms with Gasteiger partial charge in [0.1, 0.15) is 24.7 Å². The molecule has 0 bridgehead atoms. The summed E-state index contributed by atoms with van der Waals surface area (Å²) in [5.74, 6) is -1.78. The number of hydrogen-bond donors (Lipinski definition) is 3. The maximum Gasteiger partial charge on any atom is 0.408 e. The molecule has 0 aromatic heterocycles. The van der Waals surface area contributed by atoms with Crippen LogP contribution in [0.2, 0.25) is 0 Å². The van der Waals surface area contributed by atoms with Gasteiger partial charge in [0, 0.05) is 12.5 Å². The summed E-state index contributed by atoms with van der Waals surface area (Å²) in [6.45, 7) is 1.61. The van der Waals surface area contributed by atoms with Crippen LogP contribution < -0.4 is 16.0 Å². The molecule has 2 rings (SSSR count). The second-order valence-electron chi connectivity index (χ2n) is 7.59. The van der Waals surface area contributed by atoms with Crippen LogP contribution in [0.5, 0.6) is 0 Å². The molecular weight excluding hydrogens is 393 g/mol. The third-order valence-corrected chi connectivity index (χ3v) is 4.61. The van der Waals surface area contributed by atoms with E-state index in [0.29, 0.717) is 19.3 Å². The zero-order valence-corrected chi connectivity index (χ0v) is 16.9. The van der Waals surface area contributed by atoms with Gasteiger partial charge in [-0.1, -0.05) is 26.0 Å². The summed E-state index contributed by atoms with van der Waals surface area (Å²) in [5.41, 5.74) is -0.0743. The van der Waals surface area contributed by atoms with Crippen molar-refractivity contribution in [2.45, 2.75) is 51.8 Å². The van der Waals surface area contributed by atoms with Gasteiger partial charge in [0.25, 0.3) is 0 Å². The highest BCUT2D eigenvalue weighted by molar-refractivity contribution is 5.88.